The first-order chi connectivity index (χ1) is 24.5. The summed E-state index contributed by atoms with van der Waals surface area (Å²) in [6.07, 6.45) is 4.50. The van der Waals surface area contributed by atoms with Gasteiger partial charge in [-0.15, -0.1) is 11.3 Å². The molecule has 0 saturated carbocycles. The van der Waals surface area contributed by atoms with E-state index in [9.17, 15) is 18.8 Å². The van der Waals surface area contributed by atoms with Crippen LogP contribution in [0.5, 0.6) is 6.01 Å². The van der Waals surface area contributed by atoms with Gasteiger partial charge in [-0.1, -0.05) is 24.6 Å². The molecule has 3 atom stereocenters. The van der Waals surface area contributed by atoms with Crippen LogP contribution in [0.1, 0.15) is 38.2 Å². The molecular formula is C36H34ClF3N8O2S. The highest BCUT2D eigenvalue weighted by atomic mass is 35.5. The summed E-state index contributed by atoms with van der Waals surface area (Å²) in [6.45, 7) is 3.01. The number of amides is 1. The molecule has 0 radical (unpaired) electrons. The lowest BCUT2D eigenvalue weighted by Crippen LogP contribution is -2.46. The molecule has 0 aliphatic carbocycles. The van der Waals surface area contributed by atoms with Crippen LogP contribution in [0.2, 0.25) is 5.02 Å². The van der Waals surface area contributed by atoms with Gasteiger partial charge in [-0.2, -0.15) is 15.2 Å². The zero-order valence-electron chi connectivity index (χ0n) is 28.1. The van der Waals surface area contributed by atoms with E-state index in [1.54, 1.807) is 43.5 Å². The number of benzene rings is 2. The number of nitriles is 1. The number of hydrogen-bond acceptors (Lipinski definition) is 10. The van der Waals surface area contributed by atoms with Gasteiger partial charge in [-0.25, -0.2) is 13.2 Å². The number of carbonyl (C=O) groups is 1. The molecule has 5 heterocycles. The standard InChI is InChI=1S/C36H34ClF3N8O2S/c1-4-26(34(49)46(2)20-7-5-11-43-16-20)47(3)33-22-13-24(37)28(21-8-9-25(39)31-27(21)23(15-41)32(42)51-31)29(40)30(22)44-35(45-33)50-18-36-10-6-12-48(36)17-19(38)14-36/h5,7-9,11,13,16,19,26H,4,6,10,12,14,17-18,42H2,1-3H3/t19-,26?,36+/m1/s1. The quantitative estimate of drug-likeness (QED) is 0.169. The fourth-order valence-electron chi connectivity index (χ4n) is 7.56. The second-order valence-electron chi connectivity index (χ2n) is 13.0. The molecule has 51 heavy (non-hydrogen) atoms. The van der Waals surface area contributed by atoms with Crippen LogP contribution < -0.4 is 20.3 Å². The minimum absolute atomic E-state index is 0.0114. The maximum atomic E-state index is 17.1. The van der Waals surface area contributed by atoms with Gasteiger partial charge >= 0.3 is 6.01 Å². The number of alkyl halides is 1. The molecular weight excluding hydrogens is 701 g/mol. The first-order valence-corrected chi connectivity index (χ1v) is 17.7. The van der Waals surface area contributed by atoms with Gasteiger partial charge in [-0.05, 0) is 55.6 Å². The van der Waals surface area contributed by atoms with Gasteiger partial charge in [0.15, 0.2) is 5.82 Å². The Kier molecular flexibility index (Phi) is 9.15. The van der Waals surface area contributed by atoms with Gasteiger partial charge in [0.1, 0.15) is 47.0 Å². The number of fused-ring (bicyclic) bond motifs is 3. The summed E-state index contributed by atoms with van der Waals surface area (Å²) >= 11 is 7.75. The summed E-state index contributed by atoms with van der Waals surface area (Å²) in [5.41, 5.74) is 6.02. The third kappa shape index (κ3) is 5.87. The van der Waals surface area contributed by atoms with Crippen LogP contribution in [0.15, 0.2) is 42.7 Å². The smallest absolute Gasteiger partial charge is 0.319 e. The molecule has 15 heteroatoms. The van der Waals surface area contributed by atoms with Gasteiger partial charge in [-0.3, -0.25) is 14.7 Å². The normalized spacial score (nSPS) is 19.3. The highest BCUT2D eigenvalue weighted by molar-refractivity contribution is 7.23. The number of thiophene rings is 1. The van der Waals surface area contributed by atoms with Crippen LogP contribution in [0.25, 0.3) is 32.1 Å². The lowest BCUT2D eigenvalue weighted by Gasteiger charge is -2.32. The number of nitrogen functional groups attached to an aromatic ring is 1. The number of carbonyl (C=O) groups excluding carboxylic acids is 1. The predicted molar refractivity (Wildman–Crippen MR) is 193 cm³/mol. The van der Waals surface area contributed by atoms with Crippen molar-refractivity contribution in [2.75, 3.05) is 49.3 Å². The summed E-state index contributed by atoms with van der Waals surface area (Å²) in [5, 5.41) is 10.3. The monoisotopic (exact) mass is 734 g/mol. The average Bonchev–Trinajstić information content (AvgIpc) is 3.77. The van der Waals surface area contributed by atoms with E-state index in [-0.39, 0.29) is 72.0 Å². The van der Waals surface area contributed by atoms with E-state index in [4.69, 9.17) is 27.1 Å². The van der Waals surface area contributed by atoms with E-state index in [1.165, 1.54) is 23.1 Å². The number of halogens is 4. The summed E-state index contributed by atoms with van der Waals surface area (Å²) in [5.74, 6) is -1.56. The van der Waals surface area contributed by atoms with E-state index < -0.39 is 29.4 Å². The van der Waals surface area contributed by atoms with Crippen molar-refractivity contribution < 1.29 is 22.7 Å². The van der Waals surface area contributed by atoms with Crippen molar-refractivity contribution in [1.29, 1.82) is 5.26 Å². The Morgan fingerprint density at radius 3 is 2.82 bits per heavy atom. The molecule has 2 fully saturated rings. The van der Waals surface area contributed by atoms with Crippen LogP contribution >= 0.6 is 22.9 Å². The van der Waals surface area contributed by atoms with Crippen LogP contribution in [-0.4, -0.2) is 77.3 Å². The van der Waals surface area contributed by atoms with Crippen molar-refractivity contribution in [3.05, 3.63) is 64.9 Å². The number of anilines is 3. The average molecular weight is 735 g/mol. The van der Waals surface area contributed by atoms with Gasteiger partial charge < -0.3 is 20.3 Å². The van der Waals surface area contributed by atoms with Gasteiger partial charge in [0.2, 0.25) is 5.91 Å². The molecule has 2 aliphatic heterocycles. The largest absolute Gasteiger partial charge is 0.461 e. The molecule has 0 spiro atoms. The Morgan fingerprint density at radius 2 is 2.10 bits per heavy atom. The number of hydrogen-bond donors (Lipinski definition) is 1. The van der Waals surface area contributed by atoms with E-state index in [0.29, 0.717) is 25.1 Å². The Morgan fingerprint density at radius 1 is 1.29 bits per heavy atom. The maximum absolute atomic E-state index is 17.1. The Labute approximate surface area is 301 Å². The zero-order valence-corrected chi connectivity index (χ0v) is 29.7. The molecule has 5 aromatic rings. The van der Waals surface area contributed by atoms with Crippen molar-refractivity contribution in [1.82, 2.24) is 19.9 Å². The Bertz CT molecular complexity index is 2220. The molecule has 7 rings (SSSR count). The third-order valence-corrected chi connectivity index (χ3v) is 11.4. The second-order valence-corrected chi connectivity index (χ2v) is 14.5. The number of nitrogens with two attached hydrogens (primary N) is 1. The van der Waals surface area contributed by atoms with Gasteiger partial charge in [0.25, 0.3) is 0 Å². The molecule has 10 nitrogen and oxygen atoms in total. The van der Waals surface area contributed by atoms with E-state index >= 15 is 4.39 Å². The summed E-state index contributed by atoms with van der Waals surface area (Å²) in [7, 11) is 3.32. The highest BCUT2D eigenvalue weighted by Crippen LogP contribution is 2.46. The van der Waals surface area contributed by atoms with Crippen molar-refractivity contribution in [2.24, 2.45) is 0 Å². The van der Waals surface area contributed by atoms with Crippen molar-refractivity contribution in [3.63, 3.8) is 0 Å². The highest BCUT2D eigenvalue weighted by Gasteiger charge is 2.49. The number of rotatable bonds is 9. The first kappa shape index (κ1) is 34.7. The molecule has 2 saturated heterocycles. The lowest BCUT2D eigenvalue weighted by molar-refractivity contribution is -0.119. The number of nitrogens with zero attached hydrogens (tertiary/aromatic N) is 7. The summed E-state index contributed by atoms with van der Waals surface area (Å²) in [4.78, 5) is 32.5. The summed E-state index contributed by atoms with van der Waals surface area (Å²) in [6, 6.07) is 8.60. The second kappa shape index (κ2) is 13.4. The molecule has 3 aromatic heterocycles. The maximum Gasteiger partial charge on any atom is 0.319 e. The van der Waals surface area contributed by atoms with Crippen LogP contribution in [0.3, 0.4) is 0 Å². The zero-order chi connectivity index (χ0) is 36.2. The fraction of sp³-hybridized carbons (Fsp3) is 0.361. The van der Waals surface area contributed by atoms with E-state index in [2.05, 4.69) is 14.9 Å². The summed E-state index contributed by atoms with van der Waals surface area (Å²) < 4.78 is 53.0. The van der Waals surface area contributed by atoms with Crippen molar-refractivity contribution >= 4 is 66.3 Å². The molecule has 2 N–H and O–H groups in total. The van der Waals surface area contributed by atoms with Crippen LogP contribution in [-0.2, 0) is 4.79 Å². The Balaban J connectivity index is 1.38. The topological polar surface area (TPSA) is 124 Å². The van der Waals surface area contributed by atoms with Crippen LogP contribution in [0, 0.1) is 23.0 Å². The fourth-order valence-corrected chi connectivity index (χ4v) is 8.80. The van der Waals surface area contributed by atoms with E-state index in [1.807, 2.05) is 13.0 Å². The SMILES string of the molecule is CCC(C(=O)N(C)c1cccnc1)N(C)c1nc(OC[C@@]23CCCN2C[C@H](F)C3)nc2c(F)c(-c3ccc(F)c4sc(N)c(C#N)c34)c(Cl)cc12. The predicted octanol–water partition coefficient (Wildman–Crippen LogP) is 7.12. The first-order valence-electron chi connectivity index (χ1n) is 16.5. The molecule has 2 aromatic carbocycles. The molecule has 2 aliphatic rings. The molecule has 264 valence electrons. The molecule has 0 bridgehead atoms. The minimum Gasteiger partial charge on any atom is -0.461 e. The molecule has 1 unspecified atom stereocenters. The minimum atomic E-state index is -0.986. The third-order valence-electron chi connectivity index (χ3n) is 10.1. The van der Waals surface area contributed by atoms with Crippen LogP contribution in [0.4, 0.5) is 29.7 Å². The van der Waals surface area contributed by atoms with Gasteiger partial charge in [0, 0.05) is 49.6 Å². The number of likely N-dealkylation sites (N-methyl/N-ethyl adjacent to an activating group) is 2. The number of aromatic nitrogens is 3. The van der Waals surface area contributed by atoms with Crippen molar-refractivity contribution in [2.45, 2.75) is 50.4 Å². The van der Waals surface area contributed by atoms with Crippen molar-refractivity contribution in [3.8, 4) is 23.2 Å². The Hall–Kier alpha value is -4.71. The molecule has 1 amide bonds. The number of ether oxygens (including phenoxy) is 1. The lowest BCUT2D eigenvalue weighted by atomic mass is 9.95. The van der Waals surface area contributed by atoms with Gasteiger partial charge in [0.05, 0.1) is 32.7 Å². The number of pyridine rings is 1. The van der Waals surface area contributed by atoms with E-state index in [0.717, 1.165) is 30.7 Å².